The molecule has 1 saturated heterocycles. The largest absolute Gasteiger partial charge is 0.449 e. The molecule has 3 N–H and O–H groups in total. The molecule has 9 nitrogen and oxygen atoms in total. The molecule has 38 heavy (non-hydrogen) atoms. The average Bonchev–Trinajstić information content (AvgIpc) is 3.14. The fourth-order valence-corrected chi connectivity index (χ4v) is 4.72. The molecule has 218 valence electrons. The van der Waals surface area contributed by atoms with E-state index in [1.807, 2.05) is 0 Å². The number of anilines is 1. The predicted molar refractivity (Wildman–Crippen MR) is 145 cm³/mol. The first-order chi connectivity index (χ1) is 18.3. The molecule has 10 heteroatoms. The van der Waals surface area contributed by atoms with Gasteiger partial charge < -0.3 is 19.7 Å². The summed E-state index contributed by atoms with van der Waals surface area (Å²) in [6.07, 6.45) is 15.3. The zero-order valence-electron chi connectivity index (χ0n) is 23.2. The highest BCUT2D eigenvalue weighted by molar-refractivity contribution is 5.83. The normalized spacial score (nSPS) is 21.1. The van der Waals surface area contributed by atoms with Gasteiger partial charge in [-0.15, -0.1) is 0 Å². The van der Waals surface area contributed by atoms with Gasteiger partial charge in [0.25, 0.3) is 0 Å². The standard InChI is InChI=1S/C28H48FN3O6/c1-3-4-5-6-7-8-9-10-11-12-13-14-15-16-17-18-19-37-28(36)31-25-22(29)20-32(27(35)30-25)26-24(34)23(33)21(2)38-26/h20-21,23-24,26,33-34H,3-19H2,1-2H3,(H,30,31,35,36)/t21-,23-,24-,26-/m0/s1. The van der Waals surface area contributed by atoms with Gasteiger partial charge in [0.05, 0.1) is 18.9 Å². The van der Waals surface area contributed by atoms with Crippen LogP contribution in [-0.4, -0.2) is 50.8 Å². The van der Waals surface area contributed by atoms with E-state index in [4.69, 9.17) is 9.47 Å². The molecule has 0 saturated carbocycles. The summed E-state index contributed by atoms with van der Waals surface area (Å²) >= 11 is 0. The molecule has 0 bridgehead atoms. The number of nitrogens with one attached hydrogen (secondary N) is 1. The van der Waals surface area contributed by atoms with Crippen molar-refractivity contribution >= 4 is 11.9 Å². The van der Waals surface area contributed by atoms with E-state index in [1.165, 1.54) is 90.4 Å². The van der Waals surface area contributed by atoms with Crippen LogP contribution in [0.25, 0.3) is 0 Å². The van der Waals surface area contributed by atoms with E-state index < -0.39 is 48.0 Å². The molecule has 1 aromatic heterocycles. The lowest BCUT2D eigenvalue weighted by Crippen LogP contribution is -2.36. The molecule has 1 amide bonds. The first kappa shape index (κ1) is 32.2. The molecule has 0 aromatic carbocycles. The lowest BCUT2D eigenvalue weighted by molar-refractivity contribution is -0.0355. The summed E-state index contributed by atoms with van der Waals surface area (Å²) in [6, 6.07) is 0. The lowest BCUT2D eigenvalue weighted by Gasteiger charge is -2.17. The number of halogens is 1. The van der Waals surface area contributed by atoms with Gasteiger partial charge in [0.1, 0.15) is 12.2 Å². The monoisotopic (exact) mass is 541 g/mol. The molecular formula is C28H48FN3O6. The number of carbonyl (C=O) groups excluding carboxylic acids is 1. The van der Waals surface area contributed by atoms with Gasteiger partial charge in [0.2, 0.25) is 0 Å². The van der Waals surface area contributed by atoms with E-state index in [1.54, 1.807) is 0 Å². The van der Waals surface area contributed by atoms with Crippen LogP contribution in [0, 0.1) is 5.82 Å². The van der Waals surface area contributed by atoms with Crippen LogP contribution in [0.5, 0.6) is 0 Å². The summed E-state index contributed by atoms with van der Waals surface area (Å²) in [5.74, 6) is -1.56. The van der Waals surface area contributed by atoms with E-state index in [0.29, 0.717) is 6.42 Å². The molecule has 0 radical (unpaired) electrons. The number of nitrogens with zero attached hydrogens (tertiary/aromatic N) is 2. The molecule has 4 atom stereocenters. The summed E-state index contributed by atoms with van der Waals surface area (Å²) in [6.45, 7) is 3.97. The molecule has 1 fully saturated rings. The van der Waals surface area contributed by atoms with Gasteiger partial charge in [0, 0.05) is 0 Å². The Bertz CT molecular complexity index is 867. The van der Waals surface area contributed by atoms with Crippen LogP contribution in [-0.2, 0) is 9.47 Å². The van der Waals surface area contributed by atoms with Crippen molar-refractivity contribution in [1.29, 1.82) is 0 Å². The van der Waals surface area contributed by atoms with Crippen molar-refractivity contribution in [3.05, 3.63) is 22.5 Å². The van der Waals surface area contributed by atoms with Crippen LogP contribution in [0.2, 0.25) is 0 Å². The molecule has 1 aliphatic rings. The maximum atomic E-state index is 14.4. The van der Waals surface area contributed by atoms with Crippen LogP contribution in [0.3, 0.4) is 0 Å². The molecule has 0 unspecified atom stereocenters. The number of rotatable bonds is 19. The zero-order chi connectivity index (χ0) is 27.8. The van der Waals surface area contributed by atoms with E-state index in [-0.39, 0.29) is 6.61 Å². The third-order valence-electron chi connectivity index (χ3n) is 7.11. The number of carbonyl (C=O) groups is 1. The molecule has 1 aliphatic heterocycles. The molecular weight excluding hydrogens is 493 g/mol. The summed E-state index contributed by atoms with van der Waals surface area (Å²) in [7, 11) is 0. The van der Waals surface area contributed by atoms with Gasteiger partial charge in [-0.1, -0.05) is 103 Å². The lowest BCUT2D eigenvalue weighted by atomic mass is 10.0. The second kappa shape index (κ2) is 18.3. The van der Waals surface area contributed by atoms with Crippen molar-refractivity contribution in [3.63, 3.8) is 0 Å². The highest BCUT2D eigenvalue weighted by Gasteiger charge is 2.42. The van der Waals surface area contributed by atoms with Gasteiger partial charge in [-0.05, 0) is 13.3 Å². The number of aliphatic hydroxyl groups excluding tert-OH is 2. The van der Waals surface area contributed by atoms with E-state index in [9.17, 15) is 24.2 Å². The Kier molecular flexibility index (Phi) is 15.5. The van der Waals surface area contributed by atoms with Gasteiger partial charge >= 0.3 is 11.8 Å². The van der Waals surface area contributed by atoms with Gasteiger partial charge in [-0.2, -0.15) is 4.98 Å². The van der Waals surface area contributed by atoms with Crippen LogP contribution < -0.4 is 11.0 Å². The number of ether oxygens (including phenoxy) is 2. The van der Waals surface area contributed by atoms with Crippen molar-refractivity contribution in [2.75, 3.05) is 11.9 Å². The zero-order valence-corrected chi connectivity index (χ0v) is 23.2. The maximum absolute atomic E-state index is 14.4. The SMILES string of the molecule is CCCCCCCCCCCCCCCCCCOC(=O)Nc1nc(=O)n([C@H]2O[C@@H](C)[C@H](O)[C@@H]2O)cc1F. The minimum atomic E-state index is -1.41. The Balaban J connectivity index is 1.50. The molecule has 1 aromatic rings. The fraction of sp³-hybridized carbons (Fsp3) is 0.821. The number of aromatic nitrogens is 2. The molecule has 0 aliphatic carbocycles. The van der Waals surface area contributed by atoms with Crippen LogP contribution in [0.4, 0.5) is 15.0 Å². The number of aliphatic hydroxyl groups is 2. The Morgan fingerprint density at radius 2 is 1.45 bits per heavy atom. The minimum Gasteiger partial charge on any atom is -0.449 e. The minimum absolute atomic E-state index is 0.195. The third-order valence-corrected chi connectivity index (χ3v) is 7.11. The Labute approximate surface area is 226 Å². The van der Waals surface area contributed by atoms with E-state index >= 15 is 0 Å². The molecule has 0 spiro atoms. The van der Waals surface area contributed by atoms with Crippen molar-refractivity contribution in [2.45, 2.75) is 141 Å². The quantitative estimate of drug-likeness (QED) is 0.188. The number of hydrogen-bond donors (Lipinski definition) is 3. The summed E-state index contributed by atoms with van der Waals surface area (Å²) in [4.78, 5) is 27.8. The third kappa shape index (κ3) is 11.4. The Morgan fingerprint density at radius 1 is 0.947 bits per heavy atom. The van der Waals surface area contributed by atoms with Crippen LogP contribution in [0.15, 0.2) is 11.0 Å². The number of amides is 1. The Morgan fingerprint density at radius 3 is 1.92 bits per heavy atom. The van der Waals surface area contributed by atoms with Crippen molar-refractivity contribution in [3.8, 4) is 0 Å². The van der Waals surface area contributed by atoms with Gasteiger partial charge in [0.15, 0.2) is 17.9 Å². The second-order valence-corrected chi connectivity index (χ2v) is 10.4. The molecule has 2 rings (SSSR count). The van der Waals surface area contributed by atoms with Crippen LogP contribution in [0.1, 0.15) is 123 Å². The van der Waals surface area contributed by atoms with Crippen LogP contribution >= 0.6 is 0 Å². The predicted octanol–water partition coefficient (Wildman–Crippen LogP) is 5.83. The van der Waals surface area contributed by atoms with Gasteiger partial charge in [-0.3, -0.25) is 9.88 Å². The number of hydrogen-bond acceptors (Lipinski definition) is 7. The molecule has 2 heterocycles. The first-order valence-corrected chi connectivity index (χ1v) is 14.6. The highest BCUT2D eigenvalue weighted by atomic mass is 19.1. The highest BCUT2D eigenvalue weighted by Crippen LogP contribution is 2.28. The van der Waals surface area contributed by atoms with E-state index in [0.717, 1.165) is 23.6 Å². The average molecular weight is 542 g/mol. The maximum Gasteiger partial charge on any atom is 0.412 e. The van der Waals surface area contributed by atoms with Crippen molar-refractivity contribution < 1.29 is 28.9 Å². The Hall–Kier alpha value is -2.04. The first-order valence-electron chi connectivity index (χ1n) is 14.6. The fourth-order valence-electron chi connectivity index (χ4n) is 4.72. The summed E-state index contributed by atoms with van der Waals surface area (Å²) in [5, 5.41) is 21.9. The topological polar surface area (TPSA) is 123 Å². The van der Waals surface area contributed by atoms with Crippen molar-refractivity contribution in [2.24, 2.45) is 0 Å². The van der Waals surface area contributed by atoms with Crippen molar-refractivity contribution in [1.82, 2.24) is 9.55 Å². The summed E-state index contributed by atoms with van der Waals surface area (Å²) < 4.78 is 25.6. The van der Waals surface area contributed by atoms with Gasteiger partial charge in [-0.25, -0.2) is 14.0 Å². The second-order valence-electron chi connectivity index (χ2n) is 10.4. The smallest absolute Gasteiger partial charge is 0.412 e. The summed E-state index contributed by atoms with van der Waals surface area (Å²) in [5.41, 5.74) is -0.940. The van der Waals surface area contributed by atoms with E-state index in [2.05, 4.69) is 17.2 Å². The number of unbranched alkanes of at least 4 members (excludes halogenated alkanes) is 15.